The molecule has 0 saturated heterocycles. The third kappa shape index (κ3) is 1.41. The van der Waals surface area contributed by atoms with Crippen LogP contribution in [0.1, 0.15) is 25.3 Å². The summed E-state index contributed by atoms with van der Waals surface area (Å²) in [4.78, 5) is 0. The Bertz CT molecular complexity index is 334. The lowest BCUT2D eigenvalue weighted by molar-refractivity contribution is 0.173. The Hall–Kier alpha value is -0.700. The van der Waals surface area contributed by atoms with Gasteiger partial charge in [0.1, 0.15) is 0 Å². The van der Waals surface area contributed by atoms with Gasteiger partial charge in [-0.2, -0.15) is 0 Å². The molecule has 1 heterocycles. The van der Waals surface area contributed by atoms with Crippen molar-refractivity contribution >= 4 is 15.9 Å². The van der Waals surface area contributed by atoms with E-state index in [9.17, 15) is 0 Å². The van der Waals surface area contributed by atoms with Crippen LogP contribution >= 0.6 is 15.9 Å². The van der Waals surface area contributed by atoms with Crippen molar-refractivity contribution in [3.8, 4) is 11.5 Å². The number of fused-ring (bicyclic) bond motifs is 1. The summed E-state index contributed by atoms with van der Waals surface area (Å²) in [6.45, 7) is 4.62. The number of hydrogen-bond acceptors (Lipinski definition) is 2. The molecule has 1 aromatic carbocycles. The summed E-state index contributed by atoms with van der Waals surface area (Å²) in [6, 6.07) is 3.93. The van der Waals surface area contributed by atoms with Crippen LogP contribution in [-0.2, 0) is 0 Å². The number of halogens is 1. The molecular weight excluding hydrogens is 232 g/mol. The van der Waals surface area contributed by atoms with E-state index in [2.05, 4.69) is 29.8 Å². The van der Waals surface area contributed by atoms with Crippen molar-refractivity contribution in [1.82, 2.24) is 0 Å². The molecule has 0 bridgehead atoms. The van der Waals surface area contributed by atoms with Gasteiger partial charge in [0.25, 0.3) is 0 Å². The van der Waals surface area contributed by atoms with Crippen LogP contribution in [-0.4, -0.2) is 6.79 Å². The highest BCUT2D eigenvalue weighted by Gasteiger charge is 2.21. The first-order valence-electron chi connectivity index (χ1n) is 4.28. The molecule has 1 aromatic rings. The SMILES string of the molecule is CC(C)c1c(Br)ccc2c1OCO2. The van der Waals surface area contributed by atoms with Gasteiger partial charge in [0.05, 0.1) is 0 Å². The van der Waals surface area contributed by atoms with E-state index in [0.717, 1.165) is 16.0 Å². The second-order valence-corrected chi connectivity index (χ2v) is 4.20. The molecule has 1 aliphatic heterocycles. The maximum atomic E-state index is 5.42. The lowest BCUT2D eigenvalue weighted by Crippen LogP contribution is -1.96. The van der Waals surface area contributed by atoms with Crippen LogP contribution in [0.2, 0.25) is 0 Å². The summed E-state index contributed by atoms with van der Waals surface area (Å²) < 4.78 is 11.8. The van der Waals surface area contributed by atoms with Crippen LogP contribution in [0, 0.1) is 0 Å². The van der Waals surface area contributed by atoms with E-state index in [1.165, 1.54) is 5.56 Å². The highest BCUT2D eigenvalue weighted by atomic mass is 79.9. The maximum absolute atomic E-state index is 5.42. The van der Waals surface area contributed by atoms with Gasteiger partial charge in [-0.25, -0.2) is 0 Å². The minimum absolute atomic E-state index is 0.339. The molecule has 2 nitrogen and oxygen atoms in total. The van der Waals surface area contributed by atoms with E-state index in [0.29, 0.717) is 12.7 Å². The Morgan fingerprint density at radius 1 is 1.31 bits per heavy atom. The molecule has 0 unspecified atom stereocenters. The Morgan fingerprint density at radius 3 is 2.77 bits per heavy atom. The van der Waals surface area contributed by atoms with Gasteiger partial charge >= 0.3 is 0 Å². The van der Waals surface area contributed by atoms with Crippen molar-refractivity contribution in [2.45, 2.75) is 19.8 Å². The summed E-state index contributed by atoms with van der Waals surface area (Å²) in [7, 11) is 0. The highest BCUT2D eigenvalue weighted by Crippen LogP contribution is 2.42. The van der Waals surface area contributed by atoms with Crippen LogP contribution in [0.3, 0.4) is 0 Å². The molecule has 70 valence electrons. The van der Waals surface area contributed by atoms with Crippen LogP contribution in [0.5, 0.6) is 11.5 Å². The quantitative estimate of drug-likeness (QED) is 0.753. The van der Waals surface area contributed by atoms with Crippen molar-refractivity contribution in [2.75, 3.05) is 6.79 Å². The monoisotopic (exact) mass is 242 g/mol. The molecule has 0 saturated carbocycles. The number of benzene rings is 1. The molecule has 0 fully saturated rings. The lowest BCUT2D eigenvalue weighted by atomic mass is 10.0. The largest absolute Gasteiger partial charge is 0.454 e. The fourth-order valence-corrected chi connectivity index (χ4v) is 2.28. The molecular formula is C10H11BrO2. The minimum atomic E-state index is 0.339. The normalized spacial score (nSPS) is 13.8. The average molecular weight is 243 g/mol. The Balaban J connectivity index is 2.58. The van der Waals surface area contributed by atoms with E-state index in [1.807, 2.05) is 12.1 Å². The first-order valence-corrected chi connectivity index (χ1v) is 5.07. The maximum Gasteiger partial charge on any atom is 0.231 e. The molecule has 0 radical (unpaired) electrons. The zero-order chi connectivity index (χ0) is 9.42. The summed E-state index contributed by atoms with van der Waals surface area (Å²) in [5.41, 5.74) is 1.19. The molecule has 0 N–H and O–H groups in total. The summed E-state index contributed by atoms with van der Waals surface area (Å²) in [6.07, 6.45) is 0. The van der Waals surface area contributed by atoms with Gasteiger partial charge in [-0.15, -0.1) is 0 Å². The van der Waals surface area contributed by atoms with Gasteiger partial charge in [0.2, 0.25) is 6.79 Å². The van der Waals surface area contributed by atoms with Gasteiger partial charge < -0.3 is 9.47 Å². The van der Waals surface area contributed by atoms with E-state index < -0.39 is 0 Å². The zero-order valence-electron chi connectivity index (χ0n) is 7.63. The predicted molar refractivity (Wildman–Crippen MR) is 54.4 cm³/mol. The highest BCUT2D eigenvalue weighted by molar-refractivity contribution is 9.10. The third-order valence-corrected chi connectivity index (χ3v) is 2.79. The Morgan fingerprint density at radius 2 is 2.08 bits per heavy atom. The molecule has 3 heteroatoms. The van der Waals surface area contributed by atoms with E-state index in [4.69, 9.17) is 9.47 Å². The molecule has 1 aliphatic rings. The summed E-state index contributed by atoms with van der Waals surface area (Å²) in [5.74, 6) is 2.18. The van der Waals surface area contributed by atoms with Crippen LogP contribution in [0.4, 0.5) is 0 Å². The van der Waals surface area contributed by atoms with E-state index in [1.54, 1.807) is 0 Å². The molecule has 2 rings (SSSR count). The van der Waals surface area contributed by atoms with Crippen LogP contribution < -0.4 is 9.47 Å². The topological polar surface area (TPSA) is 18.5 Å². The Kier molecular flexibility index (Phi) is 2.20. The van der Waals surface area contributed by atoms with Crippen molar-refractivity contribution in [2.24, 2.45) is 0 Å². The fourth-order valence-electron chi connectivity index (χ4n) is 1.51. The Labute approximate surface area is 86.0 Å². The number of rotatable bonds is 1. The van der Waals surface area contributed by atoms with Crippen LogP contribution in [0.15, 0.2) is 16.6 Å². The lowest BCUT2D eigenvalue weighted by Gasteiger charge is -2.11. The van der Waals surface area contributed by atoms with E-state index >= 15 is 0 Å². The second kappa shape index (κ2) is 3.22. The number of hydrogen-bond donors (Lipinski definition) is 0. The van der Waals surface area contributed by atoms with Gasteiger partial charge in [0, 0.05) is 10.0 Å². The number of ether oxygens (including phenoxy) is 2. The average Bonchev–Trinajstić information content (AvgIpc) is 2.50. The summed E-state index contributed by atoms with van der Waals surface area (Å²) >= 11 is 3.51. The van der Waals surface area contributed by atoms with E-state index in [-0.39, 0.29) is 0 Å². The third-order valence-electron chi connectivity index (χ3n) is 2.10. The molecule has 0 spiro atoms. The minimum Gasteiger partial charge on any atom is -0.454 e. The van der Waals surface area contributed by atoms with Crippen molar-refractivity contribution in [3.63, 3.8) is 0 Å². The molecule has 0 aliphatic carbocycles. The standard InChI is InChI=1S/C10H11BrO2/c1-6(2)9-7(11)3-4-8-10(9)13-5-12-8/h3-4,6H,5H2,1-2H3. The van der Waals surface area contributed by atoms with Gasteiger partial charge in [-0.05, 0) is 18.1 Å². The molecule has 0 amide bonds. The molecule has 13 heavy (non-hydrogen) atoms. The van der Waals surface area contributed by atoms with Crippen molar-refractivity contribution in [1.29, 1.82) is 0 Å². The van der Waals surface area contributed by atoms with Gasteiger partial charge in [0.15, 0.2) is 11.5 Å². The molecule has 0 aromatic heterocycles. The fraction of sp³-hybridized carbons (Fsp3) is 0.400. The predicted octanol–water partition coefficient (Wildman–Crippen LogP) is 3.30. The first kappa shape index (κ1) is 8.88. The smallest absolute Gasteiger partial charge is 0.231 e. The molecule has 0 atom stereocenters. The van der Waals surface area contributed by atoms with Crippen molar-refractivity contribution < 1.29 is 9.47 Å². The van der Waals surface area contributed by atoms with Gasteiger partial charge in [-0.1, -0.05) is 29.8 Å². The van der Waals surface area contributed by atoms with Crippen molar-refractivity contribution in [3.05, 3.63) is 22.2 Å². The summed E-state index contributed by atoms with van der Waals surface area (Å²) in [5, 5.41) is 0. The van der Waals surface area contributed by atoms with Gasteiger partial charge in [-0.3, -0.25) is 0 Å². The van der Waals surface area contributed by atoms with Crippen LogP contribution in [0.25, 0.3) is 0 Å². The zero-order valence-corrected chi connectivity index (χ0v) is 9.22. The first-order chi connectivity index (χ1) is 6.20. The second-order valence-electron chi connectivity index (χ2n) is 3.35.